The lowest BCUT2D eigenvalue weighted by Crippen LogP contribution is -2.26. The van der Waals surface area contributed by atoms with Gasteiger partial charge in [-0.1, -0.05) is 44.2 Å². The van der Waals surface area contributed by atoms with Crippen molar-refractivity contribution in [3.8, 4) is 11.3 Å². The lowest BCUT2D eigenvalue weighted by Gasteiger charge is -2.29. The normalized spacial score (nSPS) is 17.6. The number of fused-ring (bicyclic) bond motifs is 1. The SMILES string of the molecule is CC1(C)CC(=O)c2c[nH]c(-c3ccccc3)c2C1. The van der Waals surface area contributed by atoms with Gasteiger partial charge in [-0.15, -0.1) is 0 Å². The first-order chi connectivity index (χ1) is 8.57. The number of hydrogen-bond donors (Lipinski definition) is 1. The van der Waals surface area contributed by atoms with Gasteiger partial charge in [-0.25, -0.2) is 0 Å². The van der Waals surface area contributed by atoms with Crippen molar-refractivity contribution in [1.29, 1.82) is 0 Å². The number of benzene rings is 1. The number of nitrogens with one attached hydrogen (secondary N) is 1. The predicted molar refractivity (Wildman–Crippen MR) is 72.7 cm³/mol. The molecule has 3 rings (SSSR count). The van der Waals surface area contributed by atoms with Crippen LogP contribution >= 0.6 is 0 Å². The molecule has 1 aliphatic rings. The second kappa shape index (κ2) is 3.84. The van der Waals surface area contributed by atoms with E-state index in [1.165, 1.54) is 5.56 Å². The average molecular weight is 239 g/mol. The fourth-order valence-corrected chi connectivity index (χ4v) is 2.82. The monoisotopic (exact) mass is 239 g/mol. The molecule has 0 saturated carbocycles. The van der Waals surface area contributed by atoms with Crippen molar-refractivity contribution >= 4 is 5.78 Å². The van der Waals surface area contributed by atoms with Crippen LogP contribution in [0.2, 0.25) is 0 Å². The molecule has 18 heavy (non-hydrogen) atoms. The van der Waals surface area contributed by atoms with Crippen LogP contribution in [0.25, 0.3) is 11.3 Å². The van der Waals surface area contributed by atoms with Gasteiger partial charge in [0.15, 0.2) is 5.78 Å². The second-order valence-corrected chi connectivity index (χ2v) is 5.86. The van der Waals surface area contributed by atoms with Crippen LogP contribution in [-0.4, -0.2) is 10.8 Å². The highest BCUT2D eigenvalue weighted by Gasteiger charge is 2.33. The van der Waals surface area contributed by atoms with Crippen molar-refractivity contribution in [2.45, 2.75) is 26.7 Å². The topological polar surface area (TPSA) is 32.9 Å². The predicted octanol–water partition coefficient (Wildman–Crippen LogP) is 3.84. The number of hydrogen-bond acceptors (Lipinski definition) is 1. The Kier molecular flexibility index (Phi) is 2.40. The number of Topliss-reactive ketones (excluding diaryl/α,β-unsaturated/α-hetero) is 1. The number of ketones is 1. The molecule has 2 nitrogen and oxygen atoms in total. The molecular formula is C16H17NO. The molecule has 0 amide bonds. The van der Waals surface area contributed by atoms with E-state index < -0.39 is 0 Å². The van der Waals surface area contributed by atoms with Crippen molar-refractivity contribution in [1.82, 2.24) is 4.98 Å². The third-order valence-electron chi connectivity index (χ3n) is 3.65. The molecule has 1 N–H and O–H groups in total. The van der Waals surface area contributed by atoms with Crippen molar-refractivity contribution < 1.29 is 4.79 Å². The minimum Gasteiger partial charge on any atom is -0.360 e. The Morgan fingerprint density at radius 3 is 2.56 bits per heavy atom. The highest BCUT2D eigenvalue weighted by atomic mass is 16.1. The van der Waals surface area contributed by atoms with Crippen molar-refractivity contribution in [2.24, 2.45) is 5.41 Å². The lowest BCUT2D eigenvalue weighted by molar-refractivity contribution is 0.0913. The van der Waals surface area contributed by atoms with Crippen LogP contribution in [0.4, 0.5) is 0 Å². The molecule has 92 valence electrons. The molecule has 0 aliphatic heterocycles. The van der Waals surface area contributed by atoms with E-state index in [2.05, 4.69) is 31.0 Å². The van der Waals surface area contributed by atoms with Crippen molar-refractivity contribution in [2.75, 3.05) is 0 Å². The maximum Gasteiger partial charge on any atom is 0.165 e. The zero-order chi connectivity index (χ0) is 12.8. The molecule has 0 fully saturated rings. The van der Waals surface area contributed by atoms with E-state index >= 15 is 0 Å². The summed E-state index contributed by atoms with van der Waals surface area (Å²) in [5.41, 5.74) is 4.39. The van der Waals surface area contributed by atoms with E-state index in [1.54, 1.807) is 0 Å². The van der Waals surface area contributed by atoms with Gasteiger partial charge in [0.2, 0.25) is 0 Å². The molecular weight excluding hydrogens is 222 g/mol. The number of aromatic nitrogens is 1. The minimum absolute atomic E-state index is 0.0653. The van der Waals surface area contributed by atoms with Gasteiger partial charge in [0.05, 0.1) is 0 Å². The molecule has 0 saturated heterocycles. The summed E-state index contributed by atoms with van der Waals surface area (Å²) in [6, 6.07) is 10.2. The summed E-state index contributed by atoms with van der Waals surface area (Å²) in [5, 5.41) is 0. The molecule has 2 heteroatoms. The van der Waals surface area contributed by atoms with Crippen LogP contribution in [0, 0.1) is 5.41 Å². The Morgan fingerprint density at radius 1 is 1.11 bits per heavy atom. The summed E-state index contributed by atoms with van der Waals surface area (Å²) < 4.78 is 0. The summed E-state index contributed by atoms with van der Waals surface area (Å²) in [5.74, 6) is 0.264. The van der Waals surface area contributed by atoms with Gasteiger partial charge < -0.3 is 4.98 Å². The maximum absolute atomic E-state index is 12.1. The summed E-state index contributed by atoms with van der Waals surface area (Å²) in [6.07, 6.45) is 3.48. The standard InChI is InChI=1S/C16H17NO/c1-16(2)8-12-13(14(18)9-16)10-17-15(12)11-6-4-3-5-7-11/h3-7,10,17H,8-9H2,1-2H3. The molecule has 2 aromatic rings. The number of carbonyl (C=O) groups is 1. The first kappa shape index (κ1) is 11.3. The fourth-order valence-electron chi connectivity index (χ4n) is 2.82. The Balaban J connectivity index is 2.13. The van der Waals surface area contributed by atoms with Crippen LogP contribution in [0.5, 0.6) is 0 Å². The maximum atomic E-state index is 12.1. The fraction of sp³-hybridized carbons (Fsp3) is 0.312. The van der Waals surface area contributed by atoms with Gasteiger partial charge in [0.25, 0.3) is 0 Å². The van der Waals surface area contributed by atoms with E-state index in [-0.39, 0.29) is 11.2 Å². The Labute approximate surface area is 107 Å². The number of carbonyl (C=O) groups excluding carboxylic acids is 1. The quantitative estimate of drug-likeness (QED) is 0.805. The second-order valence-electron chi connectivity index (χ2n) is 5.86. The molecule has 0 radical (unpaired) electrons. The van der Waals surface area contributed by atoms with Gasteiger partial charge >= 0.3 is 0 Å². The van der Waals surface area contributed by atoms with E-state index in [0.29, 0.717) is 6.42 Å². The summed E-state index contributed by atoms with van der Waals surface area (Å²) >= 11 is 0. The molecule has 1 aromatic heterocycles. The highest BCUT2D eigenvalue weighted by Crippen LogP contribution is 2.39. The summed E-state index contributed by atoms with van der Waals surface area (Å²) in [7, 11) is 0. The van der Waals surface area contributed by atoms with E-state index in [9.17, 15) is 4.79 Å². The first-order valence-electron chi connectivity index (χ1n) is 6.36. The van der Waals surface area contributed by atoms with Gasteiger partial charge in [-0.3, -0.25) is 4.79 Å². The highest BCUT2D eigenvalue weighted by molar-refractivity contribution is 6.00. The largest absolute Gasteiger partial charge is 0.360 e. The van der Waals surface area contributed by atoms with Gasteiger partial charge in [0, 0.05) is 23.9 Å². The Bertz CT molecular complexity index is 593. The lowest BCUT2D eigenvalue weighted by atomic mass is 9.74. The molecule has 1 aromatic carbocycles. The first-order valence-corrected chi connectivity index (χ1v) is 6.36. The average Bonchev–Trinajstić information content (AvgIpc) is 2.72. The zero-order valence-corrected chi connectivity index (χ0v) is 10.8. The van der Waals surface area contributed by atoms with Crippen LogP contribution in [0.15, 0.2) is 36.5 Å². The van der Waals surface area contributed by atoms with Crippen molar-refractivity contribution in [3.05, 3.63) is 47.7 Å². The van der Waals surface area contributed by atoms with Gasteiger partial charge in [-0.2, -0.15) is 0 Å². The Morgan fingerprint density at radius 2 is 1.83 bits per heavy atom. The molecule has 0 bridgehead atoms. The minimum atomic E-state index is 0.0653. The van der Waals surface area contributed by atoms with Crippen LogP contribution in [-0.2, 0) is 6.42 Å². The summed E-state index contributed by atoms with van der Waals surface area (Å²) in [6.45, 7) is 4.32. The molecule has 1 heterocycles. The van der Waals surface area contributed by atoms with Crippen LogP contribution in [0.1, 0.15) is 36.2 Å². The van der Waals surface area contributed by atoms with E-state index in [0.717, 1.165) is 23.2 Å². The molecule has 0 atom stereocenters. The third kappa shape index (κ3) is 1.78. The third-order valence-corrected chi connectivity index (χ3v) is 3.65. The van der Waals surface area contributed by atoms with Crippen LogP contribution < -0.4 is 0 Å². The van der Waals surface area contributed by atoms with Gasteiger partial charge in [-0.05, 0) is 23.0 Å². The Hall–Kier alpha value is -1.83. The summed E-state index contributed by atoms with van der Waals surface area (Å²) in [4.78, 5) is 15.4. The van der Waals surface area contributed by atoms with Crippen LogP contribution in [0.3, 0.4) is 0 Å². The number of aromatic amines is 1. The smallest absolute Gasteiger partial charge is 0.165 e. The number of rotatable bonds is 1. The molecule has 0 spiro atoms. The zero-order valence-electron chi connectivity index (χ0n) is 10.8. The van der Waals surface area contributed by atoms with E-state index in [1.807, 2.05) is 24.4 Å². The molecule has 1 aliphatic carbocycles. The van der Waals surface area contributed by atoms with E-state index in [4.69, 9.17) is 0 Å². The molecule has 0 unspecified atom stereocenters. The number of H-pyrrole nitrogens is 1. The van der Waals surface area contributed by atoms with Gasteiger partial charge in [0.1, 0.15) is 0 Å². The van der Waals surface area contributed by atoms with Crippen molar-refractivity contribution in [3.63, 3.8) is 0 Å².